The molecule has 1 aliphatic rings. The van der Waals surface area contributed by atoms with Crippen molar-refractivity contribution in [1.82, 2.24) is 20.0 Å². The van der Waals surface area contributed by atoms with E-state index in [-0.39, 0.29) is 24.4 Å². The Bertz CT molecular complexity index is 727. The highest BCUT2D eigenvalue weighted by Gasteiger charge is 2.25. The van der Waals surface area contributed by atoms with Crippen LogP contribution in [-0.4, -0.2) is 47.8 Å². The van der Waals surface area contributed by atoms with Crippen molar-refractivity contribution in [3.8, 4) is 0 Å². The number of likely N-dealkylation sites (N-methyl/N-ethyl adjacent to an activating group) is 1. The van der Waals surface area contributed by atoms with Crippen LogP contribution in [0.15, 0.2) is 30.5 Å². The van der Waals surface area contributed by atoms with E-state index in [9.17, 15) is 9.18 Å². The highest BCUT2D eigenvalue weighted by atomic mass is 19.1. The lowest BCUT2D eigenvalue weighted by Crippen LogP contribution is -2.28. The number of nitrogens with zero attached hydrogens (tertiary/aromatic N) is 3. The van der Waals surface area contributed by atoms with Gasteiger partial charge in [-0.05, 0) is 29.7 Å². The summed E-state index contributed by atoms with van der Waals surface area (Å²) in [6.07, 6.45) is 2.60. The van der Waals surface area contributed by atoms with Gasteiger partial charge in [-0.3, -0.25) is 9.48 Å². The number of rotatable bonds is 6. The van der Waals surface area contributed by atoms with Gasteiger partial charge in [0, 0.05) is 33.4 Å². The van der Waals surface area contributed by atoms with Crippen LogP contribution in [-0.2, 0) is 29.0 Å². The Balaban J connectivity index is 1.60. The molecule has 1 aliphatic heterocycles. The summed E-state index contributed by atoms with van der Waals surface area (Å²) in [6, 6.07) is 6.43. The molecule has 134 valence electrons. The molecule has 0 radical (unpaired) electrons. The Morgan fingerprint density at radius 1 is 1.40 bits per heavy atom. The first-order valence-corrected chi connectivity index (χ1v) is 8.36. The van der Waals surface area contributed by atoms with Crippen molar-refractivity contribution in [2.45, 2.75) is 25.6 Å². The van der Waals surface area contributed by atoms with Gasteiger partial charge in [0.1, 0.15) is 18.5 Å². The fourth-order valence-electron chi connectivity index (χ4n) is 2.80. The van der Waals surface area contributed by atoms with Gasteiger partial charge in [-0.25, -0.2) is 4.39 Å². The number of hydrogen-bond donors (Lipinski definition) is 1. The predicted molar refractivity (Wildman–Crippen MR) is 91.4 cm³/mol. The maximum Gasteiger partial charge on any atom is 0.243 e. The molecule has 1 N–H and O–H groups in total. The van der Waals surface area contributed by atoms with Gasteiger partial charge in [0.25, 0.3) is 0 Å². The third-order valence-electron chi connectivity index (χ3n) is 4.23. The monoisotopic (exact) mass is 346 g/mol. The molecular weight excluding hydrogens is 323 g/mol. The van der Waals surface area contributed by atoms with Crippen LogP contribution in [0.2, 0.25) is 0 Å². The fraction of sp³-hybridized carbons (Fsp3) is 0.444. The van der Waals surface area contributed by atoms with Crippen LogP contribution in [0.5, 0.6) is 0 Å². The summed E-state index contributed by atoms with van der Waals surface area (Å²) in [5.74, 6) is -0.228. The van der Waals surface area contributed by atoms with Gasteiger partial charge in [0.2, 0.25) is 5.91 Å². The molecule has 0 saturated heterocycles. The predicted octanol–water partition coefficient (Wildman–Crippen LogP) is 1.51. The van der Waals surface area contributed by atoms with Gasteiger partial charge in [0.05, 0.1) is 12.3 Å². The van der Waals surface area contributed by atoms with E-state index in [4.69, 9.17) is 4.74 Å². The van der Waals surface area contributed by atoms with Crippen LogP contribution < -0.4 is 5.32 Å². The largest absolute Gasteiger partial charge is 0.370 e. The zero-order valence-corrected chi connectivity index (χ0v) is 14.5. The first-order chi connectivity index (χ1) is 12.0. The Kier molecular flexibility index (Phi) is 5.45. The van der Waals surface area contributed by atoms with E-state index in [1.54, 1.807) is 35.8 Å². The smallest absolute Gasteiger partial charge is 0.243 e. The molecular formula is C18H23FN4O2. The van der Waals surface area contributed by atoms with Crippen LogP contribution in [0.3, 0.4) is 0 Å². The molecule has 0 saturated carbocycles. The number of amides is 1. The SMILES string of the molecule is CN(C)C(=O)Cn1cc2c(n1)[C@@H](CNCc1ccc(F)cc1)OCC2. The van der Waals surface area contributed by atoms with Crippen molar-refractivity contribution in [1.29, 1.82) is 0 Å². The summed E-state index contributed by atoms with van der Waals surface area (Å²) in [5, 5.41) is 7.87. The molecule has 1 aromatic carbocycles. The summed E-state index contributed by atoms with van der Waals surface area (Å²) in [6.45, 7) is 2.12. The number of benzene rings is 1. The van der Waals surface area contributed by atoms with Gasteiger partial charge in [0.15, 0.2) is 0 Å². The molecule has 0 bridgehead atoms. The Morgan fingerprint density at radius 2 is 2.16 bits per heavy atom. The number of hydrogen-bond acceptors (Lipinski definition) is 4. The van der Waals surface area contributed by atoms with Crippen LogP contribution in [0.4, 0.5) is 4.39 Å². The summed E-state index contributed by atoms with van der Waals surface area (Å²) >= 11 is 0. The third-order valence-corrected chi connectivity index (χ3v) is 4.23. The molecule has 0 fully saturated rings. The lowest BCUT2D eigenvalue weighted by molar-refractivity contribution is -0.129. The van der Waals surface area contributed by atoms with E-state index in [1.807, 2.05) is 6.20 Å². The van der Waals surface area contributed by atoms with Gasteiger partial charge >= 0.3 is 0 Å². The Hall–Kier alpha value is -2.25. The molecule has 2 heterocycles. The number of halogens is 1. The number of nitrogens with one attached hydrogen (secondary N) is 1. The van der Waals surface area contributed by atoms with Crippen molar-refractivity contribution >= 4 is 5.91 Å². The first kappa shape index (κ1) is 17.6. The summed E-state index contributed by atoms with van der Waals surface area (Å²) in [4.78, 5) is 13.4. The van der Waals surface area contributed by atoms with E-state index in [2.05, 4.69) is 10.4 Å². The number of fused-ring (bicyclic) bond motifs is 1. The van der Waals surface area contributed by atoms with Gasteiger partial charge in [-0.15, -0.1) is 0 Å². The van der Waals surface area contributed by atoms with Crippen molar-refractivity contribution in [2.75, 3.05) is 27.2 Å². The van der Waals surface area contributed by atoms with Crippen LogP contribution >= 0.6 is 0 Å². The Labute approximate surface area is 146 Å². The molecule has 6 nitrogen and oxygen atoms in total. The molecule has 1 atom stereocenters. The standard InChI is InChI=1S/C18H23FN4O2/c1-22(2)17(24)12-23-11-14-7-8-25-16(18(14)21-23)10-20-9-13-3-5-15(19)6-4-13/h3-6,11,16,20H,7-10,12H2,1-2H3/t16-/m1/s1. The minimum Gasteiger partial charge on any atom is -0.370 e. The molecule has 0 aliphatic carbocycles. The van der Waals surface area contributed by atoms with Crippen molar-refractivity contribution in [3.05, 3.63) is 53.1 Å². The molecule has 1 aromatic heterocycles. The molecule has 25 heavy (non-hydrogen) atoms. The lowest BCUT2D eigenvalue weighted by atomic mass is 10.1. The lowest BCUT2D eigenvalue weighted by Gasteiger charge is -2.22. The molecule has 3 rings (SSSR count). The highest BCUT2D eigenvalue weighted by Crippen LogP contribution is 2.25. The maximum absolute atomic E-state index is 12.9. The molecule has 1 amide bonds. The molecule has 7 heteroatoms. The van der Waals surface area contributed by atoms with E-state index < -0.39 is 0 Å². The number of carbonyl (C=O) groups excluding carboxylic acids is 1. The minimum atomic E-state index is -0.234. The van der Waals surface area contributed by atoms with E-state index in [0.29, 0.717) is 19.7 Å². The quantitative estimate of drug-likeness (QED) is 0.861. The second-order valence-electron chi connectivity index (χ2n) is 6.39. The van der Waals surface area contributed by atoms with E-state index in [1.165, 1.54) is 12.1 Å². The maximum atomic E-state index is 12.9. The molecule has 0 unspecified atom stereocenters. The summed E-state index contributed by atoms with van der Waals surface area (Å²) in [5.41, 5.74) is 3.04. The normalized spacial score (nSPS) is 16.5. The zero-order chi connectivity index (χ0) is 17.8. The van der Waals surface area contributed by atoms with E-state index in [0.717, 1.165) is 23.2 Å². The van der Waals surface area contributed by atoms with Crippen LogP contribution in [0.25, 0.3) is 0 Å². The number of aromatic nitrogens is 2. The molecule has 0 spiro atoms. The van der Waals surface area contributed by atoms with E-state index >= 15 is 0 Å². The highest BCUT2D eigenvalue weighted by molar-refractivity contribution is 5.75. The van der Waals surface area contributed by atoms with Crippen molar-refractivity contribution in [3.63, 3.8) is 0 Å². The number of carbonyl (C=O) groups is 1. The fourth-order valence-corrected chi connectivity index (χ4v) is 2.80. The Morgan fingerprint density at radius 3 is 2.88 bits per heavy atom. The van der Waals surface area contributed by atoms with Crippen LogP contribution in [0.1, 0.15) is 22.9 Å². The average Bonchev–Trinajstić information content (AvgIpc) is 3.00. The summed E-state index contributed by atoms with van der Waals surface area (Å²) < 4.78 is 20.5. The molecule has 2 aromatic rings. The van der Waals surface area contributed by atoms with Gasteiger partial charge < -0.3 is 15.0 Å². The average molecular weight is 346 g/mol. The second-order valence-corrected chi connectivity index (χ2v) is 6.39. The third kappa shape index (κ3) is 4.43. The van der Waals surface area contributed by atoms with Gasteiger partial charge in [-0.1, -0.05) is 12.1 Å². The van der Waals surface area contributed by atoms with Gasteiger partial charge in [-0.2, -0.15) is 5.10 Å². The first-order valence-electron chi connectivity index (χ1n) is 8.36. The second kappa shape index (κ2) is 7.76. The minimum absolute atomic E-state index is 0.00625. The number of ether oxygens (including phenoxy) is 1. The zero-order valence-electron chi connectivity index (χ0n) is 14.5. The topological polar surface area (TPSA) is 59.4 Å². The summed E-state index contributed by atoms with van der Waals surface area (Å²) in [7, 11) is 3.47. The van der Waals surface area contributed by atoms with Crippen molar-refractivity contribution in [2.24, 2.45) is 0 Å². The van der Waals surface area contributed by atoms with Crippen molar-refractivity contribution < 1.29 is 13.9 Å². The van der Waals surface area contributed by atoms with Crippen LogP contribution in [0, 0.1) is 5.82 Å².